The Kier molecular flexibility index (Phi) is 8.98. The maximum atomic E-state index is 13.7. The number of benzene rings is 3. The van der Waals surface area contributed by atoms with E-state index in [0.717, 1.165) is 36.3 Å². The fourth-order valence-corrected chi connectivity index (χ4v) is 7.47. The molecular formula is C38H46N2O2. The van der Waals surface area contributed by atoms with Gasteiger partial charge in [0.05, 0.1) is 7.11 Å². The number of rotatable bonds is 9. The van der Waals surface area contributed by atoms with Crippen molar-refractivity contribution in [3.8, 4) is 16.9 Å². The van der Waals surface area contributed by atoms with Crippen molar-refractivity contribution in [2.24, 2.45) is 5.92 Å². The summed E-state index contributed by atoms with van der Waals surface area (Å²) in [6.45, 7) is 3.19. The van der Waals surface area contributed by atoms with Gasteiger partial charge in [-0.2, -0.15) is 0 Å². The van der Waals surface area contributed by atoms with Crippen LogP contribution in [0.4, 0.5) is 0 Å². The van der Waals surface area contributed by atoms with Crippen LogP contribution in [-0.4, -0.2) is 23.6 Å². The number of amides is 1. The van der Waals surface area contributed by atoms with E-state index in [1.807, 2.05) is 12.1 Å². The molecule has 1 N–H and O–H groups in total. The van der Waals surface area contributed by atoms with Crippen LogP contribution in [-0.2, 0) is 11.3 Å². The lowest BCUT2D eigenvalue weighted by molar-refractivity contribution is -0.122. The molecule has 0 aliphatic heterocycles. The Balaban J connectivity index is 1.44. The molecule has 0 radical (unpaired) electrons. The molecule has 0 spiro atoms. The molecule has 220 valence electrons. The van der Waals surface area contributed by atoms with Gasteiger partial charge in [-0.1, -0.05) is 92.6 Å². The lowest BCUT2D eigenvalue weighted by Crippen LogP contribution is -2.36. The van der Waals surface area contributed by atoms with Crippen LogP contribution in [0.1, 0.15) is 93.2 Å². The molecule has 2 saturated carbocycles. The zero-order chi connectivity index (χ0) is 28.9. The van der Waals surface area contributed by atoms with Crippen LogP contribution in [0.5, 0.6) is 5.75 Å². The Labute approximate surface area is 251 Å². The minimum atomic E-state index is -0.0171. The third-order valence-electron chi connectivity index (χ3n) is 9.69. The average molecular weight is 563 g/mol. The van der Waals surface area contributed by atoms with Gasteiger partial charge in [0.25, 0.3) is 0 Å². The predicted octanol–water partition coefficient (Wildman–Crippen LogP) is 9.18. The molecule has 2 aliphatic carbocycles. The van der Waals surface area contributed by atoms with Gasteiger partial charge in [-0.05, 0) is 73.4 Å². The molecule has 2 fully saturated rings. The molecule has 3 aromatic carbocycles. The van der Waals surface area contributed by atoms with Gasteiger partial charge in [0.1, 0.15) is 5.75 Å². The van der Waals surface area contributed by atoms with Gasteiger partial charge in [0.2, 0.25) is 5.91 Å². The summed E-state index contributed by atoms with van der Waals surface area (Å²) in [6, 6.07) is 24.2. The highest BCUT2D eigenvalue weighted by Gasteiger charge is 2.26. The Morgan fingerprint density at radius 1 is 0.905 bits per heavy atom. The second-order valence-electron chi connectivity index (χ2n) is 12.7. The molecule has 1 heterocycles. The Hall–Kier alpha value is -3.53. The van der Waals surface area contributed by atoms with E-state index < -0.39 is 0 Å². The van der Waals surface area contributed by atoms with Crippen molar-refractivity contribution >= 4 is 16.8 Å². The van der Waals surface area contributed by atoms with E-state index in [4.69, 9.17) is 4.74 Å². The van der Waals surface area contributed by atoms with Gasteiger partial charge in [-0.15, -0.1) is 0 Å². The molecule has 0 bridgehead atoms. The van der Waals surface area contributed by atoms with Gasteiger partial charge in [0.15, 0.2) is 0 Å². The first-order valence-electron chi connectivity index (χ1n) is 16.2. The number of para-hydroxylation sites is 1. The highest BCUT2D eigenvalue weighted by Crippen LogP contribution is 2.39. The molecule has 2 aliphatic rings. The second kappa shape index (κ2) is 13.2. The number of aromatic nitrogens is 1. The largest absolute Gasteiger partial charge is 0.496 e. The van der Waals surface area contributed by atoms with Gasteiger partial charge in [0, 0.05) is 47.6 Å². The maximum Gasteiger partial charge on any atom is 0.221 e. The van der Waals surface area contributed by atoms with Crippen molar-refractivity contribution in [2.45, 2.75) is 96.1 Å². The summed E-state index contributed by atoms with van der Waals surface area (Å²) in [4.78, 5) is 13.7. The number of fused-ring (bicyclic) bond motifs is 1. The van der Waals surface area contributed by atoms with Crippen molar-refractivity contribution < 1.29 is 9.53 Å². The van der Waals surface area contributed by atoms with Crippen molar-refractivity contribution in [1.82, 2.24) is 9.88 Å². The zero-order valence-electron chi connectivity index (χ0n) is 25.4. The Morgan fingerprint density at radius 2 is 1.67 bits per heavy atom. The van der Waals surface area contributed by atoms with E-state index in [1.54, 1.807) is 7.11 Å². The van der Waals surface area contributed by atoms with Crippen LogP contribution in [0.2, 0.25) is 0 Å². The number of nitrogens with zero attached hydrogens (tertiary/aromatic N) is 1. The van der Waals surface area contributed by atoms with Crippen LogP contribution in [0.15, 0.2) is 72.9 Å². The normalized spacial score (nSPS) is 17.3. The van der Waals surface area contributed by atoms with E-state index in [-0.39, 0.29) is 11.8 Å². The lowest BCUT2D eigenvalue weighted by Gasteiger charge is -2.24. The van der Waals surface area contributed by atoms with Crippen LogP contribution in [0.3, 0.4) is 0 Å². The van der Waals surface area contributed by atoms with Gasteiger partial charge in [-0.3, -0.25) is 4.79 Å². The van der Waals surface area contributed by atoms with E-state index >= 15 is 0 Å². The summed E-state index contributed by atoms with van der Waals surface area (Å²) in [5.74, 6) is 1.74. The summed E-state index contributed by atoms with van der Waals surface area (Å²) < 4.78 is 8.24. The quantitative estimate of drug-likeness (QED) is 0.221. The third kappa shape index (κ3) is 6.43. The highest BCUT2D eigenvalue weighted by atomic mass is 16.5. The summed E-state index contributed by atoms with van der Waals surface area (Å²) >= 11 is 0. The molecule has 4 heteroatoms. The van der Waals surface area contributed by atoms with Crippen LogP contribution in [0, 0.1) is 12.8 Å². The SMILES string of the molecule is COc1ccccc1-c1ccc2c(c1)c(C(CC(=O)NC1CCCCC1)c1cccc(C)c1)cn2CC1CCCCC1. The number of carbonyl (C=O) groups is 1. The summed E-state index contributed by atoms with van der Waals surface area (Å²) in [6.07, 6.45) is 15.4. The number of methoxy groups -OCH3 is 1. The molecule has 1 unspecified atom stereocenters. The first-order chi connectivity index (χ1) is 20.6. The molecular weight excluding hydrogens is 516 g/mol. The monoisotopic (exact) mass is 562 g/mol. The fourth-order valence-electron chi connectivity index (χ4n) is 7.47. The van der Waals surface area contributed by atoms with Crippen molar-refractivity contribution in [3.63, 3.8) is 0 Å². The van der Waals surface area contributed by atoms with Gasteiger partial charge in [-0.25, -0.2) is 0 Å². The van der Waals surface area contributed by atoms with Crippen molar-refractivity contribution in [3.05, 3.63) is 89.6 Å². The van der Waals surface area contributed by atoms with Crippen molar-refractivity contribution in [1.29, 1.82) is 0 Å². The number of aryl methyl sites for hydroxylation is 1. The minimum Gasteiger partial charge on any atom is -0.496 e. The standard InChI is InChI=1S/C38H46N2O2/c1-27-12-11-15-29(22-27)33(24-38(41)39-31-16-7-4-8-17-31)35-26-40(25-28-13-5-3-6-14-28)36-21-20-30(23-34(35)36)32-18-9-10-19-37(32)42-2/h9-12,15,18-23,26,28,31,33H,3-8,13-14,16-17,24-25H2,1-2H3,(H,39,41). The van der Waals surface area contributed by atoms with Gasteiger partial charge >= 0.3 is 0 Å². The minimum absolute atomic E-state index is 0.0171. The van der Waals surface area contributed by atoms with Crippen LogP contribution >= 0.6 is 0 Å². The summed E-state index contributed by atoms with van der Waals surface area (Å²) in [5, 5.41) is 4.66. The number of nitrogens with one attached hydrogen (secondary N) is 1. The third-order valence-corrected chi connectivity index (χ3v) is 9.69. The molecule has 1 amide bonds. The molecule has 1 aromatic heterocycles. The average Bonchev–Trinajstić information content (AvgIpc) is 3.37. The van der Waals surface area contributed by atoms with Crippen molar-refractivity contribution in [2.75, 3.05) is 7.11 Å². The van der Waals surface area contributed by atoms with E-state index in [2.05, 4.69) is 77.6 Å². The molecule has 0 saturated heterocycles. The maximum absolute atomic E-state index is 13.7. The Morgan fingerprint density at radius 3 is 2.43 bits per heavy atom. The zero-order valence-corrected chi connectivity index (χ0v) is 25.4. The molecule has 1 atom stereocenters. The molecule has 4 aromatic rings. The molecule has 42 heavy (non-hydrogen) atoms. The van der Waals surface area contributed by atoms with E-state index in [9.17, 15) is 4.79 Å². The first-order valence-corrected chi connectivity index (χ1v) is 16.2. The fraction of sp³-hybridized carbons (Fsp3) is 0.447. The smallest absolute Gasteiger partial charge is 0.221 e. The number of hydrogen-bond acceptors (Lipinski definition) is 2. The lowest BCUT2D eigenvalue weighted by atomic mass is 9.86. The Bertz CT molecular complexity index is 1510. The first kappa shape index (κ1) is 28.6. The van der Waals surface area contributed by atoms with Gasteiger partial charge < -0.3 is 14.6 Å². The predicted molar refractivity (Wildman–Crippen MR) is 173 cm³/mol. The summed E-state index contributed by atoms with van der Waals surface area (Å²) in [7, 11) is 1.74. The summed E-state index contributed by atoms with van der Waals surface area (Å²) in [5.41, 5.74) is 7.20. The van der Waals surface area contributed by atoms with Crippen LogP contribution in [0.25, 0.3) is 22.0 Å². The second-order valence-corrected chi connectivity index (χ2v) is 12.7. The molecule has 4 nitrogen and oxygen atoms in total. The highest BCUT2D eigenvalue weighted by molar-refractivity contribution is 5.91. The number of hydrogen-bond donors (Lipinski definition) is 1. The number of ether oxygens (including phenoxy) is 1. The number of carbonyl (C=O) groups excluding carboxylic acids is 1. The topological polar surface area (TPSA) is 43.3 Å². The van der Waals surface area contributed by atoms with Crippen LogP contribution < -0.4 is 10.1 Å². The van der Waals surface area contributed by atoms with E-state index in [0.29, 0.717) is 18.4 Å². The molecule has 6 rings (SSSR count). The van der Waals surface area contributed by atoms with E-state index in [1.165, 1.54) is 79.0 Å².